The predicted octanol–water partition coefficient (Wildman–Crippen LogP) is 2.94. The molecule has 154 valence electrons. The van der Waals surface area contributed by atoms with Crippen molar-refractivity contribution in [1.82, 2.24) is 15.1 Å². The molecule has 2 N–H and O–H groups in total. The fraction of sp³-hybridized carbons (Fsp3) is 0.450. The van der Waals surface area contributed by atoms with Crippen LogP contribution in [0, 0.1) is 5.92 Å². The molecule has 1 fully saturated rings. The normalized spacial score (nSPS) is 16.3. The summed E-state index contributed by atoms with van der Waals surface area (Å²) < 4.78 is 0. The van der Waals surface area contributed by atoms with Crippen molar-refractivity contribution < 1.29 is 14.4 Å². The van der Waals surface area contributed by atoms with Crippen molar-refractivity contribution in [3.63, 3.8) is 0 Å². The van der Waals surface area contributed by atoms with Gasteiger partial charge in [0.05, 0.1) is 5.92 Å². The Hall–Kier alpha value is -2.81. The highest BCUT2D eigenvalue weighted by Gasteiger charge is 2.35. The Morgan fingerprint density at radius 3 is 2.55 bits per heavy atom. The van der Waals surface area contributed by atoms with Crippen molar-refractivity contribution in [1.29, 1.82) is 0 Å². The Labute approximate surface area is 173 Å². The lowest BCUT2D eigenvalue weighted by molar-refractivity contribution is -0.129. The van der Waals surface area contributed by atoms with Gasteiger partial charge in [0.1, 0.15) is 5.01 Å². The highest BCUT2D eigenvalue weighted by molar-refractivity contribution is 7.15. The van der Waals surface area contributed by atoms with E-state index in [1.165, 1.54) is 11.3 Å². The molecule has 1 unspecified atom stereocenters. The van der Waals surface area contributed by atoms with Gasteiger partial charge < -0.3 is 10.2 Å². The van der Waals surface area contributed by atoms with Crippen LogP contribution in [-0.4, -0.2) is 45.4 Å². The highest BCUT2D eigenvalue weighted by Crippen LogP contribution is 2.22. The summed E-state index contributed by atoms with van der Waals surface area (Å²) in [5.41, 5.74) is 1.04. The van der Waals surface area contributed by atoms with E-state index in [2.05, 4.69) is 27.8 Å². The first-order valence-electron chi connectivity index (χ1n) is 9.71. The highest BCUT2D eigenvalue weighted by atomic mass is 32.1. The van der Waals surface area contributed by atoms with Crippen LogP contribution in [0.5, 0.6) is 0 Å². The van der Waals surface area contributed by atoms with E-state index in [1.54, 1.807) is 29.2 Å². The second-order valence-corrected chi connectivity index (χ2v) is 8.37. The average Bonchev–Trinajstić information content (AvgIpc) is 3.29. The molecule has 1 aliphatic rings. The Balaban J connectivity index is 1.56. The number of carbonyl (C=O) groups excluding carboxylic acids is 3. The van der Waals surface area contributed by atoms with Gasteiger partial charge in [-0.1, -0.05) is 18.3 Å². The SMILES string of the molecule is CCCc1nnc(NC(=O)c2ccc(NC(=O)C3CC(=O)N(C(C)C)C3)cc2)s1. The maximum atomic E-state index is 12.5. The monoisotopic (exact) mass is 415 g/mol. The van der Waals surface area contributed by atoms with E-state index < -0.39 is 0 Å². The summed E-state index contributed by atoms with van der Waals surface area (Å²) in [7, 11) is 0. The lowest BCUT2D eigenvalue weighted by Gasteiger charge is -2.20. The van der Waals surface area contributed by atoms with E-state index in [-0.39, 0.29) is 36.1 Å². The number of rotatable bonds is 7. The molecule has 3 rings (SSSR count). The lowest BCUT2D eigenvalue weighted by atomic mass is 10.1. The quantitative estimate of drug-likeness (QED) is 0.723. The summed E-state index contributed by atoms with van der Waals surface area (Å²) in [6.45, 7) is 6.37. The Morgan fingerprint density at radius 2 is 1.93 bits per heavy atom. The predicted molar refractivity (Wildman–Crippen MR) is 112 cm³/mol. The van der Waals surface area contributed by atoms with E-state index in [1.807, 2.05) is 13.8 Å². The van der Waals surface area contributed by atoms with E-state index in [0.717, 1.165) is 17.8 Å². The van der Waals surface area contributed by atoms with Gasteiger partial charge in [0, 0.05) is 36.7 Å². The first-order valence-corrected chi connectivity index (χ1v) is 10.5. The minimum atomic E-state index is -0.359. The smallest absolute Gasteiger partial charge is 0.257 e. The maximum absolute atomic E-state index is 12.5. The zero-order valence-electron chi connectivity index (χ0n) is 16.8. The van der Waals surface area contributed by atoms with Crippen molar-refractivity contribution in [2.75, 3.05) is 17.2 Å². The largest absolute Gasteiger partial charge is 0.339 e. The molecule has 0 bridgehead atoms. The van der Waals surface area contributed by atoms with Gasteiger partial charge in [0.15, 0.2) is 0 Å². The molecule has 0 aliphatic carbocycles. The minimum Gasteiger partial charge on any atom is -0.339 e. The van der Waals surface area contributed by atoms with Crippen molar-refractivity contribution >= 4 is 39.9 Å². The fourth-order valence-corrected chi connectivity index (χ4v) is 3.98. The topological polar surface area (TPSA) is 104 Å². The van der Waals surface area contributed by atoms with Crippen LogP contribution in [0.2, 0.25) is 0 Å². The van der Waals surface area contributed by atoms with Gasteiger partial charge in [-0.05, 0) is 44.5 Å². The second-order valence-electron chi connectivity index (χ2n) is 7.31. The molecule has 3 amide bonds. The van der Waals surface area contributed by atoms with Gasteiger partial charge in [0.25, 0.3) is 5.91 Å². The van der Waals surface area contributed by atoms with Gasteiger partial charge >= 0.3 is 0 Å². The van der Waals surface area contributed by atoms with Gasteiger partial charge in [-0.2, -0.15) is 0 Å². The molecule has 0 spiro atoms. The van der Waals surface area contributed by atoms with Crippen molar-refractivity contribution in [2.45, 2.75) is 46.1 Å². The average molecular weight is 416 g/mol. The van der Waals surface area contributed by atoms with Crippen LogP contribution in [0.25, 0.3) is 0 Å². The molecule has 0 radical (unpaired) electrons. The Morgan fingerprint density at radius 1 is 1.21 bits per heavy atom. The molecule has 29 heavy (non-hydrogen) atoms. The fourth-order valence-electron chi connectivity index (χ4n) is 3.14. The van der Waals surface area contributed by atoms with Crippen LogP contribution in [-0.2, 0) is 16.0 Å². The van der Waals surface area contributed by atoms with E-state index in [0.29, 0.717) is 22.9 Å². The molecule has 1 aliphatic heterocycles. The van der Waals surface area contributed by atoms with Gasteiger partial charge in [-0.3, -0.25) is 19.7 Å². The van der Waals surface area contributed by atoms with Crippen LogP contribution in [0.15, 0.2) is 24.3 Å². The summed E-state index contributed by atoms with van der Waals surface area (Å²) in [4.78, 5) is 38.5. The molecule has 1 saturated heterocycles. The molecule has 1 aromatic carbocycles. The van der Waals surface area contributed by atoms with Gasteiger partial charge in [-0.25, -0.2) is 0 Å². The minimum absolute atomic E-state index is 0.00550. The number of hydrogen-bond donors (Lipinski definition) is 2. The first-order chi connectivity index (χ1) is 13.9. The number of nitrogens with zero attached hydrogens (tertiary/aromatic N) is 3. The van der Waals surface area contributed by atoms with Crippen LogP contribution >= 0.6 is 11.3 Å². The molecule has 1 atom stereocenters. The number of amides is 3. The molecular formula is C20H25N5O3S. The number of benzene rings is 1. The summed E-state index contributed by atoms with van der Waals surface area (Å²) in [6.07, 6.45) is 2.04. The zero-order valence-corrected chi connectivity index (χ0v) is 17.6. The molecule has 8 nitrogen and oxygen atoms in total. The van der Waals surface area contributed by atoms with Crippen LogP contribution in [0.3, 0.4) is 0 Å². The summed E-state index contributed by atoms with van der Waals surface area (Å²) in [6, 6.07) is 6.71. The zero-order chi connectivity index (χ0) is 21.0. The molecule has 9 heteroatoms. The van der Waals surface area contributed by atoms with Crippen LogP contribution in [0.4, 0.5) is 10.8 Å². The van der Waals surface area contributed by atoms with Gasteiger partial charge in [-0.15, -0.1) is 10.2 Å². The summed E-state index contributed by atoms with van der Waals surface area (Å²) >= 11 is 1.37. The summed E-state index contributed by atoms with van der Waals surface area (Å²) in [5, 5.41) is 14.9. The second kappa shape index (κ2) is 9.13. The standard InChI is InChI=1S/C20H25N5O3S/c1-4-5-16-23-24-20(29-16)22-18(27)13-6-8-15(9-7-13)21-19(28)14-10-17(26)25(11-14)12(2)3/h6-9,12,14H,4-5,10-11H2,1-3H3,(H,21,28)(H,22,24,27). The number of aryl methyl sites for hydroxylation is 1. The number of nitrogens with one attached hydrogen (secondary N) is 2. The Kier molecular flexibility index (Phi) is 6.58. The number of likely N-dealkylation sites (tertiary alicyclic amines) is 1. The molecule has 1 aromatic heterocycles. The first kappa shape index (κ1) is 20.9. The summed E-state index contributed by atoms with van der Waals surface area (Å²) in [5.74, 6) is -0.819. The number of aromatic nitrogens is 2. The third kappa shape index (κ3) is 5.17. The third-order valence-electron chi connectivity index (χ3n) is 4.72. The van der Waals surface area contributed by atoms with E-state index >= 15 is 0 Å². The number of hydrogen-bond acceptors (Lipinski definition) is 6. The van der Waals surface area contributed by atoms with Crippen LogP contribution in [0.1, 0.15) is 49.0 Å². The van der Waals surface area contributed by atoms with Crippen molar-refractivity contribution in [3.05, 3.63) is 34.8 Å². The third-order valence-corrected chi connectivity index (χ3v) is 5.62. The van der Waals surface area contributed by atoms with E-state index in [9.17, 15) is 14.4 Å². The van der Waals surface area contributed by atoms with Gasteiger partial charge in [0.2, 0.25) is 16.9 Å². The molecule has 2 aromatic rings. The molecule has 0 saturated carbocycles. The lowest BCUT2D eigenvalue weighted by Crippen LogP contribution is -2.33. The van der Waals surface area contributed by atoms with E-state index in [4.69, 9.17) is 0 Å². The molecule has 2 heterocycles. The Bertz CT molecular complexity index is 894. The number of carbonyl (C=O) groups is 3. The van der Waals surface area contributed by atoms with Crippen LogP contribution < -0.4 is 10.6 Å². The van der Waals surface area contributed by atoms with Crippen molar-refractivity contribution in [3.8, 4) is 0 Å². The number of anilines is 2. The van der Waals surface area contributed by atoms with Crippen molar-refractivity contribution in [2.24, 2.45) is 5.92 Å². The molecular weight excluding hydrogens is 390 g/mol. The maximum Gasteiger partial charge on any atom is 0.257 e.